The van der Waals surface area contributed by atoms with E-state index in [0.717, 1.165) is 0 Å². The molecule has 0 aromatic carbocycles. The van der Waals surface area contributed by atoms with Crippen molar-refractivity contribution in [3.05, 3.63) is 28.1 Å². The second kappa shape index (κ2) is 2.13. The highest BCUT2D eigenvalue weighted by Crippen LogP contribution is 2.27. The minimum absolute atomic E-state index is 0.500. The van der Waals surface area contributed by atoms with Gasteiger partial charge in [-0.15, -0.1) is 11.3 Å². The molecule has 0 radical (unpaired) electrons. The minimum Gasteiger partial charge on any atom is -0.384 e. The summed E-state index contributed by atoms with van der Waals surface area (Å²) in [6.07, 6.45) is 4.13. The van der Waals surface area contributed by atoms with Crippen molar-refractivity contribution in [2.45, 2.75) is 13.0 Å². The largest absolute Gasteiger partial charge is 0.384 e. The summed E-state index contributed by atoms with van der Waals surface area (Å²) < 4.78 is 0. The molecule has 52 valence electrons. The van der Waals surface area contributed by atoms with Crippen LogP contribution in [0, 0.1) is 0 Å². The predicted octanol–water partition coefficient (Wildman–Crippen LogP) is 2.38. The molecule has 1 aliphatic rings. The van der Waals surface area contributed by atoms with Gasteiger partial charge < -0.3 is 5.32 Å². The van der Waals surface area contributed by atoms with E-state index in [1.807, 2.05) is 17.5 Å². The van der Waals surface area contributed by atoms with Gasteiger partial charge in [-0.3, -0.25) is 0 Å². The normalized spacial score (nSPS) is 21.9. The molecule has 0 bridgehead atoms. The van der Waals surface area contributed by atoms with Crippen LogP contribution in [0.1, 0.15) is 23.4 Å². The average Bonchev–Trinajstić information content (AvgIpc) is 2.36. The molecule has 0 spiro atoms. The molecule has 1 aromatic rings. The smallest absolute Gasteiger partial charge is 0.0579 e. The Balaban J connectivity index is 2.52. The van der Waals surface area contributed by atoms with Gasteiger partial charge in [0.15, 0.2) is 0 Å². The zero-order valence-corrected chi connectivity index (χ0v) is 6.61. The average molecular weight is 151 g/mol. The maximum Gasteiger partial charge on any atom is 0.0579 e. The predicted molar refractivity (Wildman–Crippen MR) is 44.9 cm³/mol. The van der Waals surface area contributed by atoms with Crippen LogP contribution in [-0.2, 0) is 0 Å². The van der Waals surface area contributed by atoms with E-state index in [1.165, 1.54) is 10.4 Å². The van der Waals surface area contributed by atoms with Crippen LogP contribution in [0.15, 0.2) is 17.6 Å². The lowest BCUT2D eigenvalue weighted by Gasteiger charge is -2.15. The van der Waals surface area contributed by atoms with E-state index in [4.69, 9.17) is 0 Å². The van der Waals surface area contributed by atoms with E-state index in [1.54, 1.807) is 0 Å². The first kappa shape index (κ1) is 5.98. The maximum atomic E-state index is 3.25. The monoisotopic (exact) mass is 151 g/mol. The SMILES string of the molecule is C[C@@H]1NC=Cc2ccsc21. The van der Waals surface area contributed by atoms with Crippen molar-refractivity contribution in [1.29, 1.82) is 0 Å². The van der Waals surface area contributed by atoms with Gasteiger partial charge >= 0.3 is 0 Å². The molecule has 1 aromatic heterocycles. The number of hydrogen-bond acceptors (Lipinski definition) is 2. The maximum absolute atomic E-state index is 3.25. The lowest BCUT2D eigenvalue weighted by molar-refractivity contribution is 0.693. The Morgan fingerprint density at radius 2 is 2.50 bits per heavy atom. The molecule has 0 saturated heterocycles. The van der Waals surface area contributed by atoms with E-state index >= 15 is 0 Å². The molecule has 10 heavy (non-hydrogen) atoms. The number of thiophene rings is 1. The van der Waals surface area contributed by atoms with Crippen molar-refractivity contribution < 1.29 is 0 Å². The van der Waals surface area contributed by atoms with Gasteiger partial charge in [-0.1, -0.05) is 0 Å². The highest BCUT2D eigenvalue weighted by Gasteiger charge is 2.11. The quantitative estimate of drug-likeness (QED) is 0.600. The van der Waals surface area contributed by atoms with Gasteiger partial charge in [-0.2, -0.15) is 0 Å². The van der Waals surface area contributed by atoms with Gasteiger partial charge in [-0.25, -0.2) is 0 Å². The molecule has 1 nitrogen and oxygen atoms in total. The van der Waals surface area contributed by atoms with Crippen LogP contribution in [0.5, 0.6) is 0 Å². The van der Waals surface area contributed by atoms with Crippen LogP contribution in [0.25, 0.3) is 6.08 Å². The van der Waals surface area contributed by atoms with E-state index in [2.05, 4.69) is 29.8 Å². The Kier molecular flexibility index (Phi) is 1.27. The number of fused-ring (bicyclic) bond motifs is 1. The first-order valence-electron chi connectivity index (χ1n) is 3.38. The summed E-state index contributed by atoms with van der Waals surface area (Å²) in [5.74, 6) is 0. The molecule has 0 aliphatic carbocycles. The van der Waals surface area contributed by atoms with E-state index in [0.29, 0.717) is 6.04 Å². The van der Waals surface area contributed by atoms with Crippen LogP contribution in [-0.4, -0.2) is 0 Å². The van der Waals surface area contributed by atoms with Crippen LogP contribution in [0.4, 0.5) is 0 Å². The van der Waals surface area contributed by atoms with Gasteiger partial charge in [0.1, 0.15) is 0 Å². The highest BCUT2D eigenvalue weighted by molar-refractivity contribution is 7.10. The summed E-state index contributed by atoms with van der Waals surface area (Å²) >= 11 is 1.82. The van der Waals surface area contributed by atoms with Crippen molar-refractivity contribution in [2.75, 3.05) is 0 Å². The summed E-state index contributed by atoms with van der Waals surface area (Å²) in [5, 5.41) is 5.39. The summed E-state index contributed by atoms with van der Waals surface area (Å²) in [4.78, 5) is 1.45. The van der Waals surface area contributed by atoms with Gasteiger partial charge in [0.05, 0.1) is 6.04 Å². The van der Waals surface area contributed by atoms with Crippen molar-refractivity contribution in [2.24, 2.45) is 0 Å². The zero-order chi connectivity index (χ0) is 6.97. The number of nitrogens with one attached hydrogen (secondary N) is 1. The van der Waals surface area contributed by atoms with Gasteiger partial charge in [0.25, 0.3) is 0 Å². The summed E-state index contributed by atoms with van der Waals surface area (Å²) in [5.41, 5.74) is 1.37. The van der Waals surface area contributed by atoms with Crippen LogP contribution in [0.3, 0.4) is 0 Å². The van der Waals surface area contributed by atoms with Crippen LogP contribution >= 0.6 is 11.3 Å². The highest BCUT2D eigenvalue weighted by atomic mass is 32.1. The fourth-order valence-electron chi connectivity index (χ4n) is 1.18. The third-order valence-corrected chi connectivity index (χ3v) is 2.84. The Labute approximate surface area is 64.4 Å². The van der Waals surface area contributed by atoms with Gasteiger partial charge in [-0.05, 0) is 36.2 Å². The van der Waals surface area contributed by atoms with E-state index in [9.17, 15) is 0 Å². The van der Waals surface area contributed by atoms with E-state index < -0.39 is 0 Å². The summed E-state index contributed by atoms with van der Waals surface area (Å²) in [7, 11) is 0. The van der Waals surface area contributed by atoms with Crippen molar-refractivity contribution in [3.8, 4) is 0 Å². The molecule has 2 heterocycles. The van der Waals surface area contributed by atoms with Crippen molar-refractivity contribution >= 4 is 17.4 Å². The Morgan fingerprint density at radius 1 is 1.60 bits per heavy atom. The second-order valence-electron chi connectivity index (χ2n) is 2.46. The topological polar surface area (TPSA) is 12.0 Å². The molecule has 1 atom stereocenters. The molecular formula is C8H9NS. The molecule has 2 rings (SSSR count). The Bertz CT molecular complexity index is 262. The third kappa shape index (κ3) is 0.762. The van der Waals surface area contributed by atoms with Gasteiger partial charge in [0.2, 0.25) is 0 Å². The Morgan fingerprint density at radius 3 is 3.30 bits per heavy atom. The minimum atomic E-state index is 0.500. The molecule has 2 heteroatoms. The zero-order valence-electron chi connectivity index (χ0n) is 5.79. The fraction of sp³-hybridized carbons (Fsp3) is 0.250. The lowest BCUT2D eigenvalue weighted by atomic mass is 10.1. The molecular weight excluding hydrogens is 142 g/mol. The molecule has 0 amide bonds. The van der Waals surface area contributed by atoms with Gasteiger partial charge in [0, 0.05) is 4.88 Å². The first-order valence-corrected chi connectivity index (χ1v) is 4.26. The fourth-order valence-corrected chi connectivity index (χ4v) is 2.08. The molecule has 1 N–H and O–H groups in total. The standard InChI is InChI=1S/C8H9NS/c1-6-8-7(2-4-9-6)3-5-10-8/h2-6,9H,1H3/t6-/m0/s1. The van der Waals surface area contributed by atoms with Crippen molar-refractivity contribution in [1.82, 2.24) is 5.32 Å². The molecule has 1 aliphatic heterocycles. The Hall–Kier alpha value is -0.760. The number of rotatable bonds is 0. The first-order chi connectivity index (χ1) is 4.88. The second-order valence-corrected chi connectivity index (χ2v) is 3.41. The van der Waals surface area contributed by atoms with E-state index in [-0.39, 0.29) is 0 Å². The molecule has 0 fully saturated rings. The third-order valence-electron chi connectivity index (χ3n) is 1.73. The van der Waals surface area contributed by atoms with Crippen molar-refractivity contribution in [3.63, 3.8) is 0 Å². The summed E-state index contributed by atoms with van der Waals surface area (Å²) in [6.45, 7) is 2.18. The molecule has 0 saturated carbocycles. The van der Waals surface area contributed by atoms with Crippen LogP contribution < -0.4 is 5.32 Å². The molecule has 0 unspecified atom stereocenters. The summed E-state index contributed by atoms with van der Waals surface area (Å²) in [6, 6.07) is 2.66. The van der Waals surface area contributed by atoms with Crippen LogP contribution in [0.2, 0.25) is 0 Å². The lowest BCUT2D eigenvalue weighted by Crippen LogP contribution is -2.13. The number of hydrogen-bond donors (Lipinski definition) is 1.